The van der Waals surface area contributed by atoms with Crippen LogP contribution >= 0.6 is 0 Å². The molecule has 7 heteroatoms. The maximum atomic E-state index is 12.6. The van der Waals surface area contributed by atoms with Crippen molar-refractivity contribution >= 4 is 22.8 Å². The number of H-pyrrole nitrogens is 1. The number of aromatic nitrogens is 2. The van der Waals surface area contributed by atoms with Gasteiger partial charge in [-0.1, -0.05) is 32.0 Å². The molecular weight excluding hydrogens is 322 g/mol. The lowest BCUT2D eigenvalue weighted by Gasteiger charge is -2.58. The van der Waals surface area contributed by atoms with Crippen LogP contribution in [0.1, 0.15) is 32.9 Å². The Balaban J connectivity index is 1.78. The summed E-state index contributed by atoms with van der Waals surface area (Å²) in [5.41, 5.74) is -0.564. The molecule has 1 aromatic heterocycles. The molecule has 1 saturated carbocycles. The largest absolute Gasteiger partial charge is 0.479 e. The van der Waals surface area contributed by atoms with Gasteiger partial charge in [0.2, 0.25) is 5.91 Å². The zero-order valence-electron chi connectivity index (χ0n) is 14.6. The third-order valence-electron chi connectivity index (χ3n) is 5.36. The minimum Gasteiger partial charge on any atom is -0.479 e. The molecule has 0 bridgehead atoms. The van der Waals surface area contributed by atoms with Crippen molar-refractivity contribution in [1.82, 2.24) is 15.5 Å². The number of rotatable bonds is 6. The maximum absolute atomic E-state index is 12.6. The number of benzene rings is 1. The number of hydrogen-bond acceptors (Lipinski definition) is 4. The Hall–Kier alpha value is -2.41. The van der Waals surface area contributed by atoms with Gasteiger partial charge in [-0.3, -0.25) is 9.89 Å². The highest BCUT2D eigenvalue weighted by Crippen LogP contribution is 2.51. The molecule has 1 aliphatic carbocycles. The summed E-state index contributed by atoms with van der Waals surface area (Å²) in [6, 6.07) is 7.48. The third kappa shape index (κ3) is 2.68. The highest BCUT2D eigenvalue weighted by molar-refractivity contribution is 5.92. The van der Waals surface area contributed by atoms with E-state index in [0.29, 0.717) is 12.3 Å². The molecule has 2 atom stereocenters. The van der Waals surface area contributed by atoms with E-state index >= 15 is 0 Å². The Bertz CT molecular complexity index is 814. The van der Waals surface area contributed by atoms with Crippen molar-refractivity contribution < 1.29 is 19.4 Å². The SMILES string of the molecule is CCOC1CC(NC(=O)Cc2[nH]nc3ccccc23)(C(=O)O)C1(C)C. The van der Waals surface area contributed by atoms with E-state index in [1.807, 2.05) is 45.0 Å². The number of aromatic amines is 1. The Morgan fingerprint density at radius 2 is 2.12 bits per heavy atom. The predicted octanol–water partition coefficient (Wildman–Crippen LogP) is 1.88. The number of carboxylic acids is 1. The second kappa shape index (κ2) is 6.15. The van der Waals surface area contributed by atoms with E-state index in [-0.39, 0.29) is 24.9 Å². The summed E-state index contributed by atoms with van der Waals surface area (Å²) in [7, 11) is 0. The molecule has 2 unspecified atom stereocenters. The van der Waals surface area contributed by atoms with Crippen molar-refractivity contribution in [1.29, 1.82) is 0 Å². The number of ether oxygens (including phenoxy) is 1. The number of carboxylic acid groups (broad SMARTS) is 1. The molecular formula is C18H23N3O4. The number of aliphatic carboxylic acids is 1. The first-order valence-electron chi connectivity index (χ1n) is 8.40. The molecule has 134 valence electrons. The molecule has 0 saturated heterocycles. The van der Waals surface area contributed by atoms with Crippen molar-refractivity contribution in [2.45, 2.75) is 45.3 Å². The third-order valence-corrected chi connectivity index (χ3v) is 5.36. The van der Waals surface area contributed by atoms with Crippen LogP contribution in [-0.4, -0.2) is 45.4 Å². The summed E-state index contributed by atoms with van der Waals surface area (Å²) in [4.78, 5) is 24.5. The normalized spacial score (nSPS) is 24.7. The van der Waals surface area contributed by atoms with Gasteiger partial charge < -0.3 is 15.2 Å². The van der Waals surface area contributed by atoms with E-state index in [0.717, 1.165) is 10.9 Å². The van der Waals surface area contributed by atoms with Gasteiger partial charge >= 0.3 is 5.97 Å². The number of carbonyl (C=O) groups is 2. The topological polar surface area (TPSA) is 104 Å². The average molecular weight is 345 g/mol. The minimum absolute atomic E-state index is 0.0466. The molecule has 1 aliphatic rings. The van der Waals surface area contributed by atoms with Crippen molar-refractivity contribution in [2.75, 3.05) is 6.61 Å². The van der Waals surface area contributed by atoms with Gasteiger partial charge in [-0.2, -0.15) is 5.10 Å². The second-order valence-corrected chi connectivity index (χ2v) is 7.02. The van der Waals surface area contributed by atoms with E-state index in [9.17, 15) is 14.7 Å². The Kier molecular flexibility index (Phi) is 4.28. The molecule has 0 radical (unpaired) electrons. The number of nitrogens with one attached hydrogen (secondary N) is 2. The molecule has 2 aromatic rings. The van der Waals surface area contributed by atoms with Crippen molar-refractivity contribution in [3.05, 3.63) is 30.0 Å². The fraction of sp³-hybridized carbons (Fsp3) is 0.500. The monoisotopic (exact) mass is 345 g/mol. The van der Waals surface area contributed by atoms with Gasteiger partial charge in [0.15, 0.2) is 0 Å². The molecule has 25 heavy (non-hydrogen) atoms. The zero-order chi connectivity index (χ0) is 18.2. The van der Waals surface area contributed by atoms with Gasteiger partial charge in [0.1, 0.15) is 5.54 Å². The Labute approximate surface area is 145 Å². The standard InChI is InChI=1S/C18H23N3O4/c1-4-25-14-10-18(16(23)24,17(14,2)3)19-15(22)9-13-11-7-5-6-8-12(11)20-21-13/h5-8,14H,4,9-10H2,1-3H3,(H,19,22)(H,20,21)(H,23,24). The molecule has 1 fully saturated rings. The highest BCUT2D eigenvalue weighted by atomic mass is 16.5. The smallest absolute Gasteiger partial charge is 0.330 e. The summed E-state index contributed by atoms with van der Waals surface area (Å²) < 4.78 is 5.61. The second-order valence-electron chi connectivity index (χ2n) is 7.02. The fourth-order valence-corrected chi connectivity index (χ4v) is 3.63. The number of hydrogen-bond donors (Lipinski definition) is 3. The highest BCUT2D eigenvalue weighted by Gasteiger charge is 2.66. The number of carbonyl (C=O) groups excluding carboxylic acids is 1. The van der Waals surface area contributed by atoms with E-state index in [1.54, 1.807) is 0 Å². The Morgan fingerprint density at radius 1 is 1.40 bits per heavy atom. The van der Waals surface area contributed by atoms with Gasteiger partial charge in [-0.05, 0) is 13.0 Å². The van der Waals surface area contributed by atoms with Gasteiger partial charge in [-0.25, -0.2) is 4.79 Å². The maximum Gasteiger partial charge on any atom is 0.330 e. The minimum atomic E-state index is -1.32. The summed E-state index contributed by atoms with van der Waals surface area (Å²) in [6.07, 6.45) is 0.116. The van der Waals surface area contributed by atoms with E-state index in [4.69, 9.17) is 4.74 Å². The molecule has 1 heterocycles. The van der Waals surface area contributed by atoms with E-state index < -0.39 is 16.9 Å². The molecule has 3 rings (SSSR count). The van der Waals surface area contributed by atoms with Crippen LogP contribution < -0.4 is 5.32 Å². The molecule has 1 amide bonds. The van der Waals surface area contributed by atoms with Gasteiger partial charge in [0.05, 0.1) is 23.7 Å². The van der Waals surface area contributed by atoms with Crippen LogP contribution in [0.5, 0.6) is 0 Å². The fourth-order valence-electron chi connectivity index (χ4n) is 3.63. The molecule has 0 aliphatic heterocycles. The van der Waals surface area contributed by atoms with Gasteiger partial charge in [0, 0.05) is 23.8 Å². The van der Waals surface area contributed by atoms with Crippen molar-refractivity contribution in [3.63, 3.8) is 0 Å². The molecule has 3 N–H and O–H groups in total. The summed E-state index contributed by atoms with van der Waals surface area (Å²) >= 11 is 0. The first-order chi connectivity index (χ1) is 11.8. The van der Waals surface area contributed by atoms with Crippen LogP contribution in [0.25, 0.3) is 10.9 Å². The lowest BCUT2D eigenvalue weighted by Crippen LogP contribution is -2.76. The van der Waals surface area contributed by atoms with Crippen molar-refractivity contribution in [2.24, 2.45) is 5.41 Å². The van der Waals surface area contributed by atoms with Gasteiger partial charge in [0.25, 0.3) is 0 Å². The number of para-hydroxylation sites is 1. The quantitative estimate of drug-likeness (QED) is 0.741. The van der Waals surface area contributed by atoms with Crippen molar-refractivity contribution in [3.8, 4) is 0 Å². The van der Waals surface area contributed by atoms with Gasteiger partial charge in [-0.15, -0.1) is 0 Å². The Morgan fingerprint density at radius 3 is 2.76 bits per heavy atom. The first-order valence-corrected chi connectivity index (χ1v) is 8.40. The zero-order valence-corrected chi connectivity index (χ0v) is 14.6. The van der Waals surface area contributed by atoms with Crippen LogP contribution in [0.15, 0.2) is 24.3 Å². The van der Waals surface area contributed by atoms with E-state index in [1.165, 1.54) is 0 Å². The first kappa shape index (κ1) is 17.4. The molecule has 7 nitrogen and oxygen atoms in total. The average Bonchev–Trinajstić information content (AvgIpc) is 2.96. The van der Waals surface area contributed by atoms with Crippen LogP contribution in [0, 0.1) is 5.41 Å². The van der Waals surface area contributed by atoms with Crippen LogP contribution in [0.2, 0.25) is 0 Å². The predicted molar refractivity (Wildman–Crippen MR) is 92.1 cm³/mol. The summed E-state index contributed by atoms with van der Waals surface area (Å²) in [5.74, 6) is -1.38. The molecule has 0 spiro atoms. The lowest BCUT2D eigenvalue weighted by molar-refractivity contribution is -0.194. The summed E-state index contributed by atoms with van der Waals surface area (Å²) in [5, 5.41) is 20.4. The van der Waals surface area contributed by atoms with Crippen LogP contribution in [0.4, 0.5) is 0 Å². The number of nitrogens with zero attached hydrogens (tertiary/aromatic N) is 1. The van der Waals surface area contributed by atoms with Crippen LogP contribution in [0.3, 0.4) is 0 Å². The summed E-state index contributed by atoms with van der Waals surface area (Å²) in [6.45, 7) is 6.02. The number of amides is 1. The number of fused-ring (bicyclic) bond motifs is 1. The lowest BCUT2D eigenvalue weighted by atomic mass is 9.54. The molecule has 1 aromatic carbocycles. The van der Waals surface area contributed by atoms with E-state index in [2.05, 4.69) is 15.5 Å². The van der Waals surface area contributed by atoms with Crippen LogP contribution in [-0.2, 0) is 20.7 Å².